The number of aryl methyl sites for hydroxylation is 2. The first-order valence-electron chi connectivity index (χ1n) is 9.76. The Hall–Kier alpha value is -2.80. The van der Waals surface area contributed by atoms with Crippen molar-refractivity contribution in [2.75, 3.05) is 17.2 Å². The molecule has 0 saturated heterocycles. The molecule has 0 atom stereocenters. The molecule has 4 rings (SSSR count). The lowest BCUT2D eigenvalue weighted by Gasteiger charge is -2.20. The summed E-state index contributed by atoms with van der Waals surface area (Å²) in [6, 6.07) is 12.7. The van der Waals surface area contributed by atoms with Gasteiger partial charge in [0.1, 0.15) is 0 Å². The number of rotatable bonds is 3. The smallest absolute Gasteiger partial charge is 0.277 e. The summed E-state index contributed by atoms with van der Waals surface area (Å²) in [5.74, 6) is 0.975. The highest BCUT2D eigenvalue weighted by Crippen LogP contribution is 2.14. The Kier molecular flexibility index (Phi) is 6.59. The van der Waals surface area contributed by atoms with Gasteiger partial charge in [0.15, 0.2) is 12.4 Å². The van der Waals surface area contributed by atoms with Crippen molar-refractivity contribution < 1.29 is 9.13 Å². The molecule has 0 radical (unpaired) electrons. The molecule has 0 spiro atoms. The third-order valence-electron chi connectivity index (χ3n) is 4.16. The van der Waals surface area contributed by atoms with Gasteiger partial charge in [-0.1, -0.05) is 0 Å². The molecule has 29 heavy (non-hydrogen) atoms. The Labute approximate surface area is 176 Å². The minimum absolute atomic E-state index is 0.103. The molecule has 0 amide bonds. The molecule has 152 valence electrons. The van der Waals surface area contributed by atoms with E-state index in [4.69, 9.17) is 11.6 Å². The van der Waals surface area contributed by atoms with E-state index < -0.39 is 0 Å². The Morgan fingerprint density at radius 2 is 1.45 bits per heavy atom. The maximum absolute atomic E-state index is 5.77. The van der Waals surface area contributed by atoms with E-state index in [9.17, 15) is 0 Å². The second-order valence-corrected chi connectivity index (χ2v) is 8.05. The Balaban J connectivity index is 0.000000166. The van der Waals surface area contributed by atoms with Crippen molar-refractivity contribution in [2.24, 2.45) is 0 Å². The second kappa shape index (κ2) is 9.13. The largest absolute Gasteiger partial charge is 0.354 e. The summed E-state index contributed by atoms with van der Waals surface area (Å²) in [6.45, 7) is 10.9. The van der Waals surface area contributed by atoms with Crippen molar-refractivity contribution in [3.8, 4) is 11.4 Å². The third-order valence-corrected chi connectivity index (χ3v) is 4.32. The van der Waals surface area contributed by atoms with Crippen LogP contribution in [0.5, 0.6) is 0 Å². The van der Waals surface area contributed by atoms with Crippen LogP contribution in [0.3, 0.4) is 0 Å². The van der Waals surface area contributed by atoms with Crippen LogP contribution in [0, 0.1) is 0 Å². The lowest BCUT2D eigenvalue weighted by Crippen LogP contribution is -2.52. The second-order valence-electron chi connectivity index (χ2n) is 7.72. The highest BCUT2D eigenvalue weighted by Gasteiger charge is 2.27. The molecular weight excluding hydrogens is 386 g/mol. The topological polar surface area (TPSA) is 70.5 Å². The summed E-state index contributed by atoms with van der Waals surface area (Å²) in [5, 5.41) is 6.31. The Morgan fingerprint density at radius 1 is 0.897 bits per heavy atom. The van der Waals surface area contributed by atoms with Gasteiger partial charge in [-0.05, 0) is 51.4 Å². The predicted molar refractivity (Wildman–Crippen MR) is 115 cm³/mol. The molecule has 2 N–H and O–H groups in total. The number of halogens is 1. The SMILES string of the molecule is CCNc1nc(Cl)nc(NC(C)(C)C)n1.c1cc[n+]2c(c1)-c1cccc[n+]1CC2. The van der Waals surface area contributed by atoms with E-state index >= 15 is 0 Å². The standard InChI is InChI=1S/C12H12N2.C9H16ClN5/c1-3-7-13-9-10-14-8-4-2-6-12(14)11(13)5-1;1-5-11-7-12-6(10)13-8(14-7)15-9(2,3)4/h1-8H,9-10H2;5H2,1-4H3,(H2,11,12,13,14,15)/q+2;. The number of fused-ring (bicyclic) bond motifs is 3. The van der Waals surface area contributed by atoms with Gasteiger partial charge in [-0.2, -0.15) is 24.1 Å². The number of aromatic nitrogens is 5. The molecule has 1 aliphatic heterocycles. The van der Waals surface area contributed by atoms with Crippen molar-refractivity contribution in [1.29, 1.82) is 0 Å². The Bertz CT molecular complexity index is 924. The van der Waals surface area contributed by atoms with Gasteiger partial charge < -0.3 is 10.6 Å². The van der Waals surface area contributed by atoms with Crippen LogP contribution < -0.4 is 19.8 Å². The molecule has 4 heterocycles. The van der Waals surface area contributed by atoms with Crippen LogP contribution in [0.4, 0.5) is 11.9 Å². The zero-order valence-corrected chi connectivity index (χ0v) is 18.1. The van der Waals surface area contributed by atoms with Crippen LogP contribution in [0.15, 0.2) is 48.8 Å². The van der Waals surface area contributed by atoms with E-state index in [0.717, 1.165) is 19.6 Å². The summed E-state index contributed by atoms with van der Waals surface area (Å²) in [7, 11) is 0. The number of hydrogen-bond donors (Lipinski definition) is 2. The minimum atomic E-state index is -0.103. The van der Waals surface area contributed by atoms with E-state index in [0.29, 0.717) is 11.9 Å². The van der Waals surface area contributed by atoms with Crippen LogP contribution >= 0.6 is 11.6 Å². The summed E-state index contributed by atoms with van der Waals surface area (Å²) in [5.41, 5.74) is 2.51. The molecule has 0 fully saturated rings. The summed E-state index contributed by atoms with van der Waals surface area (Å²) < 4.78 is 4.60. The highest BCUT2D eigenvalue weighted by atomic mass is 35.5. The van der Waals surface area contributed by atoms with Gasteiger partial charge in [0, 0.05) is 36.3 Å². The van der Waals surface area contributed by atoms with Gasteiger partial charge in [-0.3, -0.25) is 0 Å². The first-order chi connectivity index (χ1) is 13.9. The van der Waals surface area contributed by atoms with Crippen molar-refractivity contribution in [1.82, 2.24) is 15.0 Å². The molecule has 7 nitrogen and oxygen atoms in total. The normalized spacial score (nSPS) is 12.2. The quantitative estimate of drug-likeness (QED) is 0.645. The lowest BCUT2D eigenvalue weighted by molar-refractivity contribution is -0.794. The third kappa shape index (κ3) is 5.84. The van der Waals surface area contributed by atoms with Gasteiger partial charge in [-0.25, -0.2) is 0 Å². The van der Waals surface area contributed by atoms with Crippen LogP contribution in [0.2, 0.25) is 5.28 Å². The molecule has 3 aromatic heterocycles. The Morgan fingerprint density at radius 3 is 1.97 bits per heavy atom. The average molecular weight is 414 g/mol. The summed E-state index contributed by atoms with van der Waals surface area (Å²) >= 11 is 5.77. The zero-order chi connectivity index (χ0) is 20.9. The zero-order valence-electron chi connectivity index (χ0n) is 17.4. The van der Waals surface area contributed by atoms with Gasteiger partial charge >= 0.3 is 0 Å². The van der Waals surface area contributed by atoms with E-state index in [1.54, 1.807) is 0 Å². The minimum Gasteiger partial charge on any atom is -0.354 e. The average Bonchev–Trinajstić information content (AvgIpc) is 2.67. The summed E-state index contributed by atoms with van der Waals surface area (Å²) in [4.78, 5) is 12.1. The lowest BCUT2D eigenvalue weighted by atomic mass is 10.1. The van der Waals surface area contributed by atoms with Crippen molar-refractivity contribution in [3.63, 3.8) is 0 Å². The fourth-order valence-electron chi connectivity index (χ4n) is 3.00. The number of anilines is 2. The molecule has 1 aliphatic rings. The first-order valence-corrected chi connectivity index (χ1v) is 10.1. The molecular formula is C21H28ClN7+2. The van der Waals surface area contributed by atoms with Gasteiger partial charge in [0.2, 0.25) is 30.3 Å². The van der Waals surface area contributed by atoms with Gasteiger partial charge in [-0.15, -0.1) is 0 Å². The maximum Gasteiger partial charge on any atom is 0.277 e. The number of nitrogens with zero attached hydrogens (tertiary/aromatic N) is 5. The van der Waals surface area contributed by atoms with Crippen molar-refractivity contribution in [3.05, 3.63) is 54.1 Å². The molecule has 0 aliphatic carbocycles. The molecule has 0 bridgehead atoms. The van der Waals surface area contributed by atoms with E-state index in [-0.39, 0.29) is 10.8 Å². The van der Waals surface area contributed by atoms with Crippen LogP contribution in [-0.4, -0.2) is 27.0 Å². The molecule has 8 heteroatoms. The van der Waals surface area contributed by atoms with Gasteiger partial charge in [0.05, 0.1) is 0 Å². The van der Waals surface area contributed by atoms with Crippen LogP contribution in [-0.2, 0) is 13.1 Å². The molecule has 0 aromatic carbocycles. The maximum atomic E-state index is 5.77. The molecule has 0 saturated carbocycles. The number of pyridine rings is 2. The van der Waals surface area contributed by atoms with E-state index in [1.807, 2.05) is 27.7 Å². The molecule has 0 unspecified atom stereocenters. The fourth-order valence-corrected chi connectivity index (χ4v) is 3.16. The van der Waals surface area contributed by atoms with Crippen LogP contribution in [0.25, 0.3) is 11.4 Å². The first kappa shape index (κ1) is 20.9. The number of nitrogens with one attached hydrogen (secondary N) is 2. The fraction of sp³-hybridized carbons (Fsp3) is 0.381. The summed E-state index contributed by atoms with van der Waals surface area (Å²) in [6.07, 6.45) is 4.29. The monoisotopic (exact) mass is 413 g/mol. The van der Waals surface area contributed by atoms with Crippen molar-refractivity contribution >= 4 is 23.5 Å². The van der Waals surface area contributed by atoms with Gasteiger partial charge in [0.25, 0.3) is 11.4 Å². The highest BCUT2D eigenvalue weighted by molar-refractivity contribution is 6.28. The van der Waals surface area contributed by atoms with Crippen LogP contribution in [0.1, 0.15) is 27.7 Å². The predicted octanol–water partition coefficient (Wildman–Crippen LogP) is 3.11. The van der Waals surface area contributed by atoms with E-state index in [2.05, 4.69) is 83.5 Å². The van der Waals surface area contributed by atoms with E-state index in [1.165, 1.54) is 11.4 Å². The molecule has 3 aromatic rings. The number of hydrogen-bond acceptors (Lipinski definition) is 5. The van der Waals surface area contributed by atoms with Crippen molar-refractivity contribution in [2.45, 2.75) is 46.3 Å².